The number of hydrogen-bond acceptors (Lipinski definition) is 4. The monoisotopic (exact) mass is 384 g/mol. The van der Waals surface area contributed by atoms with E-state index in [-0.39, 0.29) is 23.8 Å². The summed E-state index contributed by atoms with van der Waals surface area (Å²) in [5, 5.41) is 1.10. The summed E-state index contributed by atoms with van der Waals surface area (Å²) in [7, 11) is 1.56. The summed E-state index contributed by atoms with van der Waals surface area (Å²) in [5.41, 5.74) is 1.44. The number of carbonyl (C=O) groups is 1. The maximum absolute atomic E-state index is 12.6. The number of nitrogens with one attached hydrogen (secondary N) is 1. The summed E-state index contributed by atoms with van der Waals surface area (Å²) in [6.07, 6.45) is 5.01. The zero-order valence-corrected chi connectivity index (χ0v) is 15.7. The molecule has 0 radical (unpaired) electrons. The lowest BCUT2D eigenvalue weighted by atomic mass is 9.73. The zero-order valence-electron chi connectivity index (χ0n) is 14.1. The topological polar surface area (TPSA) is 54.6 Å². The van der Waals surface area contributed by atoms with Crippen LogP contribution in [0.2, 0.25) is 5.02 Å². The summed E-state index contributed by atoms with van der Waals surface area (Å²) in [5.74, 6) is 0.231. The van der Waals surface area contributed by atoms with Crippen molar-refractivity contribution in [2.45, 2.75) is 19.3 Å². The van der Waals surface area contributed by atoms with Gasteiger partial charge in [0.05, 0.1) is 24.3 Å². The largest absolute Gasteiger partial charge is 0.495 e. The lowest BCUT2D eigenvalue weighted by Crippen LogP contribution is -2.50. The van der Waals surface area contributed by atoms with Gasteiger partial charge >= 0.3 is 5.97 Å². The van der Waals surface area contributed by atoms with Crippen LogP contribution in [-0.2, 0) is 4.74 Å². The van der Waals surface area contributed by atoms with Gasteiger partial charge in [0.2, 0.25) is 0 Å². The number of piperidine rings is 3. The molecule has 7 heteroatoms. The molecule has 1 aromatic carbocycles. The lowest BCUT2D eigenvalue weighted by molar-refractivity contribution is -0.0304. The zero-order chi connectivity index (χ0) is 16.7. The minimum absolute atomic E-state index is 0. The van der Waals surface area contributed by atoms with Crippen molar-refractivity contribution >= 4 is 40.9 Å². The molecule has 3 aliphatic rings. The van der Waals surface area contributed by atoms with Crippen LogP contribution in [0.15, 0.2) is 18.3 Å². The predicted molar refractivity (Wildman–Crippen MR) is 100 cm³/mol. The minimum Gasteiger partial charge on any atom is -0.495 e. The number of ether oxygens (including phenoxy) is 2. The molecular weight excluding hydrogens is 363 g/mol. The van der Waals surface area contributed by atoms with Crippen LogP contribution in [-0.4, -0.2) is 49.2 Å². The molecule has 2 aromatic rings. The molecule has 3 fully saturated rings. The van der Waals surface area contributed by atoms with E-state index in [1.807, 2.05) is 6.07 Å². The predicted octanol–water partition coefficient (Wildman–Crippen LogP) is 3.89. The number of esters is 1. The van der Waals surface area contributed by atoms with Gasteiger partial charge in [0.15, 0.2) is 0 Å². The van der Waals surface area contributed by atoms with Crippen molar-refractivity contribution in [2.75, 3.05) is 33.4 Å². The van der Waals surface area contributed by atoms with Crippen molar-refractivity contribution in [3.63, 3.8) is 0 Å². The summed E-state index contributed by atoms with van der Waals surface area (Å²) in [6.45, 7) is 3.85. The number of methoxy groups -OCH3 is 1. The minimum atomic E-state index is -0.321. The van der Waals surface area contributed by atoms with E-state index in [0.29, 0.717) is 28.3 Å². The van der Waals surface area contributed by atoms with Crippen molar-refractivity contribution in [1.82, 2.24) is 9.88 Å². The van der Waals surface area contributed by atoms with Crippen molar-refractivity contribution in [3.05, 3.63) is 28.9 Å². The fourth-order valence-electron chi connectivity index (χ4n) is 3.89. The van der Waals surface area contributed by atoms with Crippen molar-refractivity contribution in [2.24, 2.45) is 5.41 Å². The highest BCUT2D eigenvalue weighted by atomic mass is 35.5. The highest BCUT2D eigenvalue weighted by Gasteiger charge is 2.40. The third-order valence-corrected chi connectivity index (χ3v) is 5.95. The van der Waals surface area contributed by atoms with Crippen molar-refractivity contribution in [3.8, 4) is 5.75 Å². The fourth-order valence-corrected chi connectivity index (χ4v) is 4.23. The molecule has 4 heterocycles. The van der Waals surface area contributed by atoms with Gasteiger partial charge in [-0.1, -0.05) is 11.6 Å². The van der Waals surface area contributed by atoms with Crippen molar-refractivity contribution < 1.29 is 14.3 Å². The standard InChI is InChI=1S/C18H21ClN2O3.ClH/c1-23-14-3-2-13-15(16(14)19)12(10-20-13)17(22)24-11-18-4-7-21(8-5-18)9-6-18;/h2-3,10,20H,4-9,11H2,1H3;1H. The molecule has 2 bridgehead atoms. The Bertz CT molecular complexity index is 768. The number of benzene rings is 1. The third kappa shape index (κ3) is 3.21. The van der Waals surface area contributed by atoms with E-state index in [1.165, 1.54) is 0 Å². The summed E-state index contributed by atoms with van der Waals surface area (Å²) < 4.78 is 11.0. The number of aromatic amines is 1. The van der Waals surface area contributed by atoms with Crippen LogP contribution in [0.1, 0.15) is 29.6 Å². The first-order valence-electron chi connectivity index (χ1n) is 8.35. The van der Waals surface area contributed by atoms with Gasteiger partial charge in [-0.2, -0.15) is 0 Å². The van der Waals surface area contributed by atoms with E-state index < -0.39 is 0 Å². The molecule has 0 amide bonds. The van der Waals surface area contributed by atoms with Gasteiger partial charge in [0.1, 0.15) is 5.75 Å². The first-order chi connectivity index (χ1) is 11.6. The second-order valence-corrected chi connectivity index (χ2v) is 7.25. The Morgan fingerprint density at radius 3 is 2.60 bits per heavy atom. The molecular formula is C18H22Cl2N2O3. The highest BCUT2D eigenvalue weighted by Crippen LogP contribution is 2.41. The molecule has 5 rings (SSSR count). The van der Waals surface area contributed by atoms with Crippen LogP contribution >= 0.6 is 24.0 Å². The first kappa shape index (κ1) is 18.4. The highest BCUT2D eigenvalue weighted by molar-refractivity contribution is 6.38. The van der Waals surface area contributed by atoms with E-state index in [9.17, 15) is 4.79 Å². The Hall–Kier alpha value is -1.43. The third-order valence-electron chi connectivity index (χ3n) is 5.57. The van der Waals surface area contributed by atoms with Gasteiger partial charge in [-0.15, -0.1) is 12.4 Å². The number of carbonyl (C=O) groups excluding carboxylic acids is 1. The molecule has 0 aliphatic carbocycles. The van der Waals surface area contributed by atoms with E-state index >= 15 is 0 Å². The number of rotatable bonds is 4. The molecule has 0 atom stereocenters. The number of aromatic nitrogens is 1. The molecule has 1 aromatic heterocycles. The number of H-pyrrole nitrogens is 1. The van der Waals surface area contributed by atoms with E-state index in [0.717, 1.165) is 44.4 Å². The number of halogens is 2. The van der Waals surface area contributed by atoms with E-state index in [1.54, 1.807) is 19.4 Å². The van der Waals surface area contributed by atoms with Crippen LogP contribution in [0.4, 0.5) is 0 Å². The second-order valence-electron chi connectivity index (χ2n) is 6.87. The van der Waals surface area contributed by atoms with Gasteiger partial charge in [-0.3, -0.25) is 0 Å². The van der Waals surface area contributed by atoms with Crippen LogP contribution in [0.3, 0.4) is 0 Å². The van der Waals surface area contributed by atoms with Crippen LogP contribution in [0.5, 0.6) is 5.75 Å². The maximum Gasteiger partial charge on any atom is 0.340 e. The smallest absolute Gasteiger partial charge is 0.340 e. The molecule has 136 valence electrons. The van der Waals surface area contributed by atoms with Crippen LogP contribution < -0.4 is 4.74 Å². The molecule has 0 spiro atoms. The van der Waals surface area contributed by atoms with E-state index in [2.05, 4.69) is 9.88 Å². The lowest BCUT2D eigenvalue weighted by Gasteiger charge is -2.47. The molecule has 5 nitrogen and oxygen atoms in total. The molecule has 25 heavy (non-hydrogen) atoms. The van der Waals surface area contributed by atoms with Crippen molar-refractivity contribution in [1.29, 1.82) is 0 Å². The van der Waals surface area contributed by atoms with Gasteiger partial charge in [-0.25, -0.2) is 4.79 Å². The number of hydrogen-bond donors (Lipinski definition) is 1. The maximum atomic E-state index is 12.6. The normalized spacial score (nSPS) is 24.8. The number of nitrogens with zero attached hydrogens (tertiary/aromatic N) is 1. The molecule has 0 unspecified atom stereocenters. The summed E-state index contributed by atoms with van der Waals surface area (Å²) in [4.78, 5) is 18.2. The molecule has 0 saturated carbocycles. The second kappa shape index (κ2) is 7.06. The summed E-state index contributed by atoms with van der Waals surface area (Å²) in [6, 6.07) is 3.64. The quantitative estimate of drug-likeness (QED) is 0.812. The van der Waals surface area contributed by atoms with Crippen LogP contribution in [0, 0.1) is 5.41 Å². The first-order valence-corrected chi connectivity index (χ1v) is 8.73. The average Bonchev–Trinajstić information content (AvgIpc) is 3.07. The summed E-state index contributed by atoms with van der Waals surface area (Å²) >= 11 is 6.38. The number of fused-ring (bicyclic) bond motifs is 4. The van der Waals surface area contributed by atoms with Gasteiger partial charge < -0.3 is 19.4 Å². The van der Waals surface area contributed by atoms with Gasteiger partial charge in [0, 0.05) is 22.5 Å². The Morgan fingerprint density at radius 1 is 1.28 bits per heavy atom. The van der Waals surface area contributed by atoms with Crippen LogP contribution in [0.25, 0.3) is 10.9 Å². The Morgan fingerprint density at radius 2 is 1.96 bits per heavy atom. The molecule has 3 saturated heterocycles. The Labute approximate surface area is 158 Å². The Balaban J connectivity index is 0.00000182. The molecule has 1 N–H and O–H groups in total. The van der Waals surface area contributed by atoms with E-state index in [4.69, 9.17) is 21.1 Å². The van der Waals surface area contributed by atoms with Gasteiger partial charge in [-0.05, 0) is 51.0 Å². The molecule has 3 aliphatic heterocycles. The van der Waals surface area contributed by atoms with Gasteiger partial charge in [0.25, 0.3) is 0 Å². The SMILES string of the molecule is COc1ccc2[nH]cc(C(=O)OCC34CCN(CC3)CC4)c2c1Cl.Cl. The average molecular weight is 385 g/mol. The fraction of sp³-hybridized carbons (Fsp3) is 0.500. The Kier molecular flexibility index (Phi) is 5.19.